The minimum Gasteiger partial charge on any atom is -0.367 e. The van der Waals surface area contributed by atoms with E-state index in [2.05, 4.69) is 0 Å². The molecule has 0 amide bonds. The highest BCUT2D eigenvalue weighted by Crippen LogP contribution is 2.24. The molecule has 0 radical (unpaired) electrons. The van der Waals surface area contributed by atoms with Crippen molar-refractivity contribution in [3.63, 3.8) is 0 Å². The van der Waals surface area contributed by atoms with Gasteiger partial charge in [-0.2, -0.15) is 0 Å². The molecule has 2 N–H and O–H groups in total. The number of carbonyl (C=O) groups is 1. The molecule has 0 aromatic heterocycles. The number of hydrogen-bond donors (Lipinski definition) is 2. The van der Waals surface area contributed by atoms with Gasteiger partial charge in [-0.1, -0.05) is 30.3 Å². The Morgan fingerprint density at radius 2 is 1.71 bits per heavy atom. The van der Waals surface area contributed by atoms with Gasteiger partial charge in [0.05, 0.1) is 5.41 Å². The molecule has 1 aromatic rings. The summed E-state index contributed by atoms with van der Waals surface area (Å²) in [6, 6.07) is 8.61. The summed E-state index contributed by atoms with van der Waals surface area (Å²) in [6.45, 7) is 3.01. The molecular formula is C11H14O3. The average molecular weight is 194 g/mol. The van der Waals surface area contributed by atoms with E-state index in [1.807, 2.05) is 0 Å². The molecule has 1 rings (SSSR count). The summed E-state index contributed by atoms with van der Waals surface area (Å²) in [6.07, 6.45) is -1.64. The predicted molar refractivity (Wildman–Crippen MR) is 52.8 cm³/mol. The first-order valence-electron chi connectivity index (χ1n) is 4.42. The lowest BCUT2D eigenvalue weighted by molar-refractivity contribution is -0.104. The quantitative estimate of drug-likeness (QED) is 0.561. The molecule has 0 aliphatic carbocycles. The Bertz CT molecular complexity index is 315. The largest absolute Gasteiger partial charge is 0.367 e. The molecule has 3 nitrogen and oxygen atoms in total. The van der Waals surface area contributed by atoms with Gasteiger partial charge in [0.15, 0.2) is 12.1 Å². The van der Waals surface area contributed by atoms with E-state index in [4.69, 9.17) is 10.2 Å². The van der Waals surface area contributed by atoms with E-state index in [0.29, 0.717) is 5.56 Å². The predicted octanol–water partition coefficient (Wildman–Crippen LogP) is 1.21. The first-order chi connectivity index (χ1) is 6.46. The third-order valence-corrected chi connectivity index (χ3v) is 2.27. The number of carbonyl (C=O) groups excluding carboxylic acids is 1. The number of ketones is 1. The molecule has 14 heavy (non-hydrogen) atoms. The van der Waals surface area contributed by atoms with Crippen LogP contribution in [0.15, 0.2) is 30.3 Å². The number of hydrogen-bond acceptors (Lipinski definition) is 3. The average Bonchev–Trinajstić information content (AvgIpc) is 2.17. The number of rotatable bonds is 3. The van der Waals surface area contributed by atoms with Crippen LogP contribution in [-0.2, 0) is 0 Å². The Balaban J connectivity index is 2.97. The summed E-state index contributed by atoms with van der Waals surface area (Å²) in [5.74, 6) is -0.270. The third kappa shape index (κ3) is 2.00. The lowest BCUT2D eigenvalue weighted by atomic mass is 9.84. The maximum absolute atomic E-state index is 11.8. The molecule has 3 heteroatoms. The molecular weight excluding hydrogens is 180 g/mol. The van der Waals surface area contributed by atoms with Gasteiger partial charge in [0.1, 0.15) is 0 Å². The molecule has 0 heterocycles. The normalized spacial score (nSPS) is 11.8. The van der Waals surface area contributed by atoms with Gasteiger partial charge in [-0.3, -0.25) is 4.79 Å². The van der Waals surface area contributed by atoms with Crippen molar-refractivity contribution in [3.8, 4) is 0 Å². The molecule has 76 valence electrons. The molecule has 0 saturated heterocycles. The van der Waals surface area contributed by atoms with Crippen LogP contribution in [0.2, 0.25) is 0 Å². The van der Waals surface area contributed by atoms with Crippen LogP contribution in [0.5, 0.6) is 0 Å². The fourth-order valence-electron chi connectivity index (χ4n) is 1.08. The van der Waals surface area contributed by atoms with Gasteiger partial charge in [-0.05, 0) is 13.8 Å². The highest BCUT2D eigenvalue weighted by atomic mass is 16.5. The van der Waals surface area contributed by atoms with Crippen LogP contribution in [0, 0.1) is 5.41 Å². The Kier molecular flexibility index (Phi) is 3.03. The molecule has 0 unspecified atom stereocenters. The zero-order valence-electron chi connectivity index (χ0n) is 8.27. The Morgan fingerprint density at radius 3 is 2.14 bits per heavy atom. The highest BCUT2D eigenvalue weighted by molar-refractivity contribution is 6.00. The van der Waals surface area contributed by atoms with E-state index < -0.39 is 11.7 Å². The van der Waals surface area contributed by atoms with E-state index in [1.165, 1.54) is 13.8 Å². The molecule has 0 aliphatic rings. The highest BCUT2D eigenvalue weighted by Gasteiger charge is 2.34. The molecule has 0 atom stereocenters. The van der Waals surface area contributed by atoms with E-state index in [0.717, 1.165) is 0 Å². The van der Waals surface area contributed by atoms with Gasteiger partial charge >= 0.3 is 0 Å². The lowest BCUT2D eigenvalue weighted by Crippen LogP contribution is -2.37. The molecule has 0 aliphatic heterocycles. The van der Waals surface area contributed by atoms with Crippen molar-refractivity contribution in [2.24, 2.45) is 5.41 Å². The molecule has 1 aromatic carbocycles. The van der Waals surface area contributed by atoms with Crippen molar-refractivity contribution in [1.29, 1.82) is 0 Å². The van der Waals surface area contributed by atoms with Crippen LogP contribution in [0.25, 0.3) is 0 Å². The van der Waals surface area contributed by atoms with Gasteiger partial charge in [0, 0.05) is 5.56 Å². The van der Waals surface area contributed by atoms with E-state index >= 15 is 0 Å². The van der Waals surface area contributed by atoms with Crippen LogP contribution in [0.3, 0.4) is 0 Å². The van der Waals surface area contributed by atoms with Gasteiger partial charge in [-0.15, -0.1) is 0 Å². The zero-order chi connectivity index (χ0) is 10.8. The van der Waals surface area contributed by atoms with Crippen molar-refractivity contribution in [3.05, 3.63) is 35.9 Å². The van der Waals surface area contributed by atoms with Gasteiger partial charge in [0.2, 0.25) is 0 Å². The second-order valence-electron chi connectivity index (χ2n) is 3.79. The Labute approximate surface area is 83.0 Å². The summed E-state index contributed by atoms with van der Waals surface area (Å²) >= 11 is 0. The first-order valence-corrected chi connectivity index (χ1v) is 4.42. The van der Waals surface area contributed by atoms with Crippen LogP contribution in [0.4, 0.5) is 0 Å². The fourth-order valence-corrected chi connectivity index (χ4v) is 1.08. The Morgan fingerprint density at radius 1 is 1.21 bits per heavy atom. The van der Waals surface area contributed by atoms with Crippen molar-refractivity contribution in [2.45, 2.75) is 20.1 Å². The van der Waals surface area contributed by atoms with E-state index in [-0.39, 0.29) is 5.78 Å². The minimum absolute atomic E-state index is 0.270. The number of Topliss-reactive ketones (excluding diaryl/α,β-unsaturated/α-hetero) is 1. The Hall–Kier alpha value is -1.19. The number of aliphatic hydroxyl groups is 2. The van der Waals surface area contributed by atoms with Crippen LogP contribution in [0.1, 0.15) is 24.2 Å². The summed E-state index contributed by atoms with van der Waals surface area (Å²) in [5.41, 5.74) is -0.674. The summed E-state index contributed by atoms with van der Waals surface area (Å²) in [4.78, 5) is 11.8. The zero-order valence-corrected chi connectivity index (χ0v) is 8.27. The second-order valence-corrected chi connectivity index (χ2v) is 3.79. The van der Waals surface area contributed by atoms with Crippen LogP contribution < -0.4 is 0 Å². The summed E-state index contributed by atoms with van der Waals surface area (Å²) < 4.78 is 0. The summed E-state index contributed by atoms with van der Waals surface area (Å²) in [7, 11) is 0. The molecule has 0 spiro atoms. The van der Waals surface area contributed by atoms with Gasteiger partial charge < -0.3 is 10.2 Å². The monoisotopic (exact) mass is 194 g/mol. The second kappa shape index (κ2) is 3.90. The SMILES string of the molecule is CC(C)(C(=O)c1ccccc1)C(O)O. The fraction of sp³-hybridized carbons (Fsp3) is 0.364. The van der Waals surface area contributed by atoms with E-state index in [9.17, 15) is 4.79 Å². The maximum atomic E-state index is 11.8. The lowest BCUT2D eigenvalue weighted by Gasteiger charge is -2.24. The minimum atomic E-state index is -1.64. The third-order valence-electron chi connectivity index (χ3n) is 2.27. The van der Waals surface area contributed by atoms with Crippen molar-refractivity contribution in [2.75, 3.05) is 0 Å². The van der Waals surface area contributed by atoms with Crippen molar-refractivity contribution >= 4 is 5.78 Å². The number of aliphatic hydroxyl groups excluding tert-OH is 1. The van der Waals surface area contributed by atoms with Crippen LogP contribution >= 0.6 is 0 Å². The van der Waals surface area contributed by atoms with Crippen molar-refractivity contribution in [1.82, 2.24) is 0 Å². The van der Waals surface area contributed by atoms with Crippen LogP contribution in [-0.4, -0.2) is 22.3 Å². The molecule has 0 fully saturated rings. The van der Waals surface area contributed by atoms with Crippen molar-refractivity contribution < 1.29 is 15.0 Å². The first kappa shape index (κ1) is 10.9. The van der Waals surface area contributed by atoms with E-state index in [1.54, 1.807) is 30.3 Å². The maximum Gasteiger partial charge on any atom is 0.173 e. The molecule has 0 saturated carbocycles. The number of benzene rings is 1. The topological polar surface area (TPSA) is 57.5 Å². The van der Waals surface area contributed by atoms with Gasteiger partial charge in [0.25, 0.3) is 0 Å². The molecule has 0 bridgehead atoms. The van der Waals surface area contributed by atoms with Gasteiger partial charge in [-0.25, -0.2) is 0 Å². The standard InChI is InChI=1S/C11H14O3/c1-11(2,10(13)14)9(12)8-6-4-3-5-7-8/h3-7,10,13-14H,1-2H3. The smallest absolute Gasteiger partial charge is 0.173 e. The summed E-state index contributed by atoms with van der Waals surface area (Å²) in [5, 5.41) is 18.1.